The maximum atomic E-state index is 13.4. The van der Waals surface area contributed by atoms with Crippen LogP contribution in [-0.2, 0) is 5.60 Å². The minimum atomic E-state index is -4.91. The molecule has 0 saturated heterocycles. The van der Waals surface area contributed by atoms with Crippen molar-refractivity contribution in [2.45, 2.75) is 46.4 Å². The van der Waals surface area contributed by atoms with Crippen molar-refractivity contribution >= 4 is 0 Å². The van der Waals surface area contributed by atoms with E-state index in [4.69, 9.17) is 0 Å². The zero-order chi connectivity index (χ0) is 14.7. The molecule has 0 radical (unpaired) electrons. The van der Waals surface area contributed by atoms with Gasteiger partial charge in [0.15, 0.2) is 5.60 Å². The molecule has 0 aliphatic carbocycles. The van der Waals surface area contributed by atoms with Crippen LogP contribution in [0.4, 0.5) is 17.6 Å². The van der Waals surface area contributed by atoms with Crippen LogP contribution < -0.4 is 0 Å². The maximum absolute atomic E-state index is 13.4. The molecule has 0 bridgehead atoms. The van der Waals surface area contributed by atoms with Gasteiger partial charge >= 0.3 is 6.18 Å². The molecule has 0 aliphatic rings. The fraction of sp³-hybridized carbons (Fsp3) is 0.538. The summed E-state index contributed by atoms with van der Waals surface area (Å²) in [5.74, 6) is -1.05. The standard InChI is InChI=1S/C11H12F4O.C2H6/c1-6-4-8(9(12)5-7(6)2)10(3,16)11(13,14)15;1-2/h4-5,16H,1-3H3;1-2H3. The van der Waals surface area contributed by atoms with Crippen molar-refractivity contribution in [2.75, 3.05) is 0 Å². The van der Waals surface area contributed by atoms with Crippen molar-refractivity contribution in [1.82, 2.24) is 0 Å². The van der Waals surface area contributed by atoms with E-state index in [-0.39, 0.29) is 0 Å². The summed E-state index contributed by atoms with van der Waals surface area (Å²) in [7, 11) is 0. The monoisotopic (exact) mass is 266 g/mol. The first-order valence-corrected chi connectivity index (χ1v) is 5.63. The van der Waals surface area contributed by atoms with Gasteiger partial charge in [0, 0.05) is 5.56 Å². The van der Waals surface area contributed by atoms with Crippen LogP contribution in [0.3, 0.4) is 0 Å². The van der Waals surface area contributed by atoms with Gasteiger partial charge in [-0.15, -0.1) is 0 Å². The van der Waals surface area contributed by atoms with Crippen LogP contribution in [-0.4, -0.2) is 11.3 Å². The Labute approximate surface area is 104 Å². The molecule has 1 unspecified atom stereocenters. The van der Waals surface area contributed by atoms with Gasteiger partial charge in [0.1, 0.15) is 5.82 Å². The highest BCUT2D eigenvalue weighted by molar-refractivity contribution is 5.35. The van der Waals surface area contributed by atoms with E-state index in [0.29, 0.717) is 18.1 Å². The molecule has 5 heteroatoms. The van der Waals surface area contributed by atoms with E-state index in [0.717, 1.165) is 12.1 Å². The zero-order valence-corrected chi connectivity index (χ0v) is 11.1. The molecule has 1 atom stereocenters. The van der Waals surface area contributed by atoms with E-state index in [1.165, 1.54) is 0 Å². The number of aryl methyl sites for hydroxylation is 2. The lowest BCUT2D eigenvalue weighted by molar-refractivity contribution is -0.259. The summed E-state index contributed by atoms with van der Waals surface area (Å²) in [6.45, 7) is 7.69. The molecule has 1 rings (SSSR count). The van der Waals surface area contributed by atoms with Crippen molar-refractivity contribution in [3.63, 3.8) is 0 Å². The van der Waals surface area contributed by atoms with Gasteiger partial charge in [-0.05, 0) is 44.0 Å². The Morgan fingerprint density at radius 1 is 1.00 bits per heavy atom. The predicted octanol–water partition coefficient (Wildman–Crippen LogP) is 4.24. The normalized spacial score (nSPS) is 14.6. The molecule has 0 fully saturated rings. The molecule has 104 valence electrons. The minimum absolute atomic E-state index is 0.501. The molecule has 1 N–H and O–H groups in total. The van der Waals surface area contributed by atoms with E-state index < -0.39 is 23.2 Å². The number of aliphatic hydroxyl groups is 1. The smallest absolute Gasteiger partial charge is 0.376 e. The number of benzene rings is 1. The molecule has 0 heterocycles. The van der Waals surface area contributed by atoms with Gasteiger partial charge in [0.05, 0.1) is 0 Å². The predicted molar refractivity (Wildman–Crippen MR) is 62.8 cm³/mol. The third kappa shape index (κ3) is 3.22. The Hall–Kier alpha value is -1.10. The first-order chi connectivity index (χ1) is 8.07. The molecule has 1 aromatic rings. The summed E-state index contributed by atoms with van der Waals surface area (Å²) in [6.07, 6.45) is -4.91. The number of rotatable bonds is 1. The first-order valence-electron chi connectivity index (χ1n) is 5.63. The molecule has 0 aromatic heterocycles. The Morgan fingerprint density at radius 2 is 1.39 bits per heavy atom. The van der Waals surface area contributed by atoms with Gasteiger partial charge in [0.25, 0.3) is 0 Å². The van der Waals surface area contributed by atoms with Gasteiger partial charge in [0.2, 0.25) is 0 Å². The minimum Gasteiger partial charge on any atom is -0.376 e. The molecular formula is C13H18F4O. The van der Waals surface area contributed by atoms with Crippen LogP contribution in [0.15, 0.2) is 12.1 Å². The summed E-state index contributed by atoms with van der Waals surface area (Å²) < 4.78 is 50.9. The summed E-state index contributed by atoms with van der Waals surface area (Å²) in [6, 6.07) is 2.02. The largest absolute Gasteiger partial charge is 0.421 e. The Kier molecular flexibility index (Phi) is 5.35. The molecule has 0 aliphatic heterocycles. The fourth-order valence-corrected chi connectivity index (χ4v) is 1.31. The molecule has 0 spiro atoms. The topological polar surface area (TPSA) is 20.2 Å². The maximum Gasteiger partial charge on any atom is 0.421 e. The third-order valence-corrected chi connectivity index (χ3v) is 2.66. The average molecular weight is 266 g/mol. The van der Waals surface area contributed by atoms with Crippen LogP contribution in [0.5, 0.6) is 0 Å². The van der Waals surface area contributed by atoms with Gasteiger partial charge < -0.3 is 5.11 Å². The molecule has 18 heavy (non-hydrogen) atoms. The van der Waals surface area contributed by atoms with Crippen molar-refractivity contribution in [1.29, 1.82) is 0 Å². The number of alkyl halides is 3. The summed E-state index contributed by atoms with van der Waals surface area (Å²) >= 11 is 0. The highest BCUT2D eigenvalue weighted by Gasteiger charge is 2.52. The molecule has 1 aromatic carbocycles. The summed E-state index contributed by atoms with van der Waals surface area (Å²) in [4.78, 5) is 0. The van der Waals surface area contributed by atoms with Crippen LogP contribution in [0.2, 0.25) is 0 Å². The van der Waals surface area contributed by atoms with Crippen LogP contribution in [0, 0.1) is 19.7 Å². The second-order valence-corrected chi connectivity index (χ2v) is 3.99. The molecular weight excluding hydrogens is 248 g/mol. The van der Waals surface area contributed by atoms with E-state index in [9.17, 15) is 22.7 Å². The first kappa shape index (κ1) is 16.9. The van der Waals surface area contributed by atoms with E-state index in [1.807, 2.05) is 13.8 Å². The van der Waals surface area contributed by atoms with Crippen molar-refractivity contribution < 1.29 is 22.7 Å². The lowest BCUT2D eigenvalue weighted by atomic mass is 9.92. The highest BCUT2D eigenvalue weighted by atomic mass is 19.4. The number of halogens is 4. The van der Waals surface area contributed by atoms with Gasteiger partial charge in [-0.1, -0.05) is 13.8 Å². The summed E-state index contributed by atoms with van der Waals surface area (Å²) in [5, 5.41) is 9.35. The van der Waals surface area contributed by atoms with Gasteiger partial charge in [-0.3, -0.25) is 0 Å². The molecule has 1 nitrogen and oxygen atoms in total. The van der Waals surface area contributed by atoms with E-state index in [1.54, 1.807) is 13.8 Å². The quantitative estimate of drug-likeness (QED) is 0.754. The Bertz CT molecular complexity index is 408. The van der Waals surface area contributed by atoms with Crippen molar-refractivity contribution in [2.24, 2.45) is 0 Å². The third-order valence-electron chi connectivity index (χ3n) is 2.66. The van der Waals surface area contributed by atoms with Gasteiger partial charge in [-0.2, -0.15) is 13.2 Å². The van der Waals surface area contributed by atoms with Crippen LogP contribution in [0.25, 0.3) is 0 Å². The number of hydrogen-bond donors (Lipinski definition) is 1. The Morgan fingerprint density at radius 3 is 1.78 bits per heavy atom. The van der Waals surface area contributed by atoms with Gasteiger partial charge in [-0.25, -0.2) is 4.39 Å². The summed E-state index contributed by atoms with van der Waals surface area (Å²) in [5.41, 5.74) is -2.88. The van der Waals surface area contributed by atoms with Crippen molar-refractivity contribution in [3.05, 3.63) is 34.6 Å². The lowest BCUT2D eigenvalue weighted by Crippen LogP contribution is -2.40. The second-order valence-electron chi connectivity index (χ2n) is 3.99. The van der Waals surface area contributed by atoms with Crippen molar-refractivity contribution in [3.8, 4) is 0 Å². The Balaban J connectivity index is 0.00000137. The lowest BCUT2D eigenvalue weighted by Gasteiger charge is -2.27. The highest BCUT2D eigenvalue weighted by Crippen LogP contribution is 2.40. The van der Waals surface area contributed by atoms with Crippen LogP contribution in [0.1, 0.15) is 37.5 Å². The second kappa shape index (κ2) is 5.69. The SMILES string of the molecule is CC.Cc1cc(F)c(C(C)(O)C(F)(F)F)cc1C. The number of hydrogen-bond acceptors (Lipinski definition) is 1. The average Bonchev–Trinajstić information content (AvgIpc) is 2.24. The van der Waals surface area contributed by atoms with E-state index >= 15 is 0 Å². The molecule has 0 amide bonds. The fourth-order valence-electron chi connectivity index (χ4n) is 1.31. The van der Waals surface area contributed by atoms with E-state index in [2.05, 4.69) is 0 Å². The molecule has 0 saturated carbocycles. The zero-order valence-electron chi connectivity index (χ0n) is 11.1. The van der Waals surface area contributed by atoms with Crippen LogP contribution >= 0.6 is 0 Å².